The van der Waals surface area contributed by atoms with Crippen molar-refractivity contribution in [2.45, 2.75) is 12.2 Å². The summed E-state index contributed by atoms with van der Waals surface area (Å²) in [4.78, 5) is 34.6. The molecule has 2 N–H and O–H groups in total. The van der Waals surface area contributed by atoms with Crippen molar-refractivity contribution in [2.75, 3.05) is 26.4 Å². The first-order valence-electron chi connectivity index (χ1n) is 10.3. The summed E-state index contributed by atoms with van der Waals surface area (Å²) in [6.45, 7) is 5.90. The maximum absolute atomic E-state index is 12.7. The summed E-state index contributed by atoms with van der Waals surface area (Å²) in [6, 6.07) is 12.7. The van der Waals surface area contributed by atoms with Crippen LogP contribution in [0.2, 0.25) is 0 Å². The zero-order chi connectivity index (χ0) is 24.9. The Kier molecular flexibility index (Phi) is 10.5. The van der Waals surface area contributed by atoms with Crippen LogP contribution in [0.15, 0.2) is 73.8 Å². The molecule has 0 aliphatic carbocycles. The molecule has 2 aromatic carbocycles. The number of benzene rings is 2. The average molecular weight is 470 g/mol. The monoisotopic (exact) mass is 470 g/mol. The second-order valence-corrected chi connectivity index (χ2v) is 6.98. The van der Waals surface area contributed by atoms with Crippen LogP contribution in [0.4, 0.5) is 0 Å². The number of hydrogen-bond acceptors (Lipinski definition) is 9. The maximum Gasteiger partial charge on any atom is 0.330 e. The van der Waals surface area contributed by atoms with E-state index in [2.05, 4.69) is 13.2 Å². The number of ketones is 1. The standard InChI is InChI=1S/C25H26O9/c1-3-23(28)33-15-19(26)13-31-21-9-5-17(6-10-21)25(30)18-7-11-22(12-8-18)32-14-20(27)16-34-24(29)4-2/h3-12,19-20,26-27H,1-2,13-16H2. The number of ether oxygens (including phenoxy) is 4. The molecule has 0 amide bonds. The lowest BCUT2D eigenvalue weighted by atomic mass is 10.0. The SMILES string of the molecule is C=CC(=O)OCC(O)COc1ccc(C(=O)c2ccc(OCC(O)COC(=O)C=C)cc2)cc1. The van der Waals surface area contributed by atoms with Crippen LogP contribution in [0.25, 0.3) is 0 Å². The summed E-state index contributed by atoms with van der Waals surface area (Å²) in [6.07, 6.45) is -0.00929. The van der Waals surface area contributed by atoms with E-state index in [0.717, 1.165) is 12.2 Å². The fourth-order valence-electron chi connectivity index (χ4n) is 2.53. The van der Waals surface area contributed by atoms with Crippen molar-refractivity contribution in [1.82, 2.24) is 0 Å². The Morgan fingerprint density at radius 1 is 0.676 bits per heavy atom. The second kappa shape index (κ2) is 13.6. The summed E-state index contributed by atoms with van der Waals surface area (Å²) < 4.78 is 20.3. The molecule has 9 nitrogen and oxygen atoms in total. The number of esters is 2. The molecule has 2 atom stereocenters. The van der Waals surface area contributed by atoms with Crippen molar-refractivity contribution in [2.24, 2.45) is 0 Å². The van der Waals surface area contributed by atoms with Crippen molar-refractivity contribution in [3.63, 3.8) is 0 Å². The fraction of sp³-hybridized carbons (Fsp3) is 0.240. The smallest absolute Gasteiger partial charge is 0.330 e. The number of aliphatic hydroxyl groups is 2. The molecule has 0 bridgehead atoms. The Labute approximate surface area is 196 Å². The zero-order valence-corrected chi connectivity index (χ0v) is 18.4. The van der Waals surface area contributed by atoms with E-state index in [0.29, 0.717) is 22.6 Å². The Balaban J connectivity index is 1.82. The molecule has 34 heavy (non-hydrogen) atoms. The zero-order valence-electron chi connectivity index (χ0n) is 18.4. The van der Waals surface area contributed by atoms with Crippen LogP contribution in [0.1, 0.15) is 15.9 Å². The van der Waals surface area contributed by atoms with Gasteiger partial charge in [-0.2, -0.15) is 0 Å². The van der Waals surface area contributed by atoms with Gasteiger partial charge in [0.05, 0.1) is 0 Å². The molecule has 0 radical (unpaired) electrons. The van der Waals surface area contributed by atoms with Crippen LogP contribution < -0.4 is 9.47 Å². The molecule has 180 valence electrons. The van der Waals surface area contributed by atoms with E-state index in [4.69, 9.17) is 18.9 Å². The highest BCUT2D eigenvalue weighted by Crippen LogP contribution is 2.18. The van der Waals surface area contributed by atoms with E-state index >= 15 is 0 Å². The van der Waals surface area contributed by atoms with Crippen molar-refractivity contribution in [3.05, 3.63) is 85.0 Å². The maximum atomic E-state index is 12.7. The largest absolute Gasteiger partial charge is 0.491 e. The number of aliphatic hydroxyl groups excluding tert-OH is 2. The fourth-order valence-corrected chi connectivity index (χ4v) is 2.53. The van der Waals surface area contributed by atoms with E-state index in [1.54, 1.807) is 48.5 Å². The van der Waals surface area contributed by atoms with Crippen LogP contribution in [0.5, 0.6) is 11.5 Å². The van der Waals surface area contributed by atoms with Gasteiger partial charge in [0, 0.05) is 23.3 Å². The van der Waals surface area contributed by atoms with Gasteiger partial charge in [0.15, 0.2) is 5.78 Å². The van der Waals surface area contributed by atoms with Crippen LogP contribution in [0, 0.1) is 0 Å². The van der Waals surface area contributed by atoms with Crippen LogP contribution >= 0.6 is 0 Å². The molecule has 0 saturated heterocycles. The Morgan fingerprint density at radius 3 is 1.35 bits per heavy atom. The minimum Gasteiger partial charge on any atom is -0.491 e. The topological polar surface area (TPSA) is 129 Å². The first kappa shape index (κ1) is 26.3. The van der Waals surface area contributed by atoms with Gasteiger partial charge in [-0.05, 0) is 48.5 Å². The number of rotatable bonds is 14. The molecule has 0 heterocycles. The molecule has 2 aromatic rings. The van der Waals surface area contributed by atoms with Crippen LogP contribution in [-0.4, -0.2) is 66.6 Å². The first-order chi connectivity index (χ1) is 16.3. The van der Waals surface area contributed by atoms with Gasteiger partial charge in [0.1, 0.15) is 50.1 Å². The number of carbonyl (C=O) groups excluding carboxylic acids is 3. The van der Waals surface area contributed by atoms with Crippen LogP contribution in [0.3, 0.4) is 0 Å². The van der Waals surface area contributed by atoms with Crippen molar-refractivity contribution >= 4 is 17.7 Å². The predicted octanol–water partition coefficient (Wildman–Crippen LogP) is 1.86. The highest BCUT2D eigenvalue weighted by molar-refractivity contribution is 6.09. The van der Waals surface area contributed by atoms with Gasteiger partial charge < -0.3 is 29.2 Å². The van der Waals surface area contributed by atoms with Crippen molar-refractivity contribution in [3.8, 4) is 11.5 Å². The lowest BCUT2D eigenvalue weighted by molar-refractivity contribution is -0.142. The molecule has 9 heteroatoms. The van der Waals surface area contributed by atoms with E-state index in [1.165, 1.54) is 0 Å². The second-order valence-electron chi connectivity index (χ2n) is 6.98. The van der Waals surface area contributed by atoms with E-state index in [9.17, 15) is 24.6 Å². The highest BCUT2D eigenvalue weighted by atomic mass is 16.6. The summed E-state index contributed by atoms with van der Waals surface area (Å²) in [5.41, 5.74) is 0.863. The molecular formula is C25H26O9. The normalized spacial score (nSPS) is 12.1. The molecule has 0 saturated carbocycles. The van der Waals surface area contributed by atoms with Crippen molar-refractivity contribution in [1.29, 1.82) is 0 Å². The molecular weight excluding hydrogens is 444 g/mol. The minimum atomic E-state index is -1.01. The molecule has 0 aliphatic heterocycles. The molecule has 0 aromatic heterocycles. The first-order valence-corrected chi connectivity index (χ1v) is 10.3. The van der Waals surface area contributed by atoms with Gasteiger partial charge in [-0.3, -0.25) is 4.79 Å². The van der Waals surface area contributed by atoms with Gasteiger partial charge in [-0.1, -0.05) is 13.2 Å². The molecule has 0 aliphatic rings. The van der Waals surface area contributed by atoms with Crippen molar-refractivity contribution < 1.29 is 43.5 Å². The lowest BCUT2D eigenvalue weighted by Gasteiger charge is -2.13. The number of hydrogen-bond donors (Lipinski definition) is 2. The average Bonchev–Trinajstić information content (AvgIpc) is 2.87. The minimum absolute atomic E-state index is 0.0927. The highest BCUT2D eigenvalue weighted by Gasteiger charge is 2.12. The van der Waals surface area contributed by atoms with E-state index in [1.807, 2.05) is 0 Å². The molecule has 2 unspecified atom stereocenters. The quantitative estimate of drug-likeness (QED) is 0.241. The summed E-state index contributed by atoms with van der Waals surface area (Å²) >= 11 is 0. The van der Waals surface area contributed by atoms with Gasteiger partial charge in [0.25, 0.3) is 0 Å². The summed E-state index contributed by atoms with van der Waals surface area (Å²) in [5, 5.41) is 19.5. The summed E-state index contributed by atoms with van der Waals surface area (Å²) in [5.74, 6) is -0.611. The molecule has 2 rings (SSSR count). The van der Waals surface area contributed by atoms with Gasteiger partial charge in [-0.25, -0.2) is 9.59 Å². The Bertz CT molecular complexity index is 901. The Hall–Kier alpha value is -3.95. The van der Waals surface area contributed by atoms with Gasteiger partial charge in [-0.15, -0.1) is 0 Å². The Morgan fingerprint density at radius 2 is 1.03 bits per heavy atom. The molecule has 0 fully saturated rings. The van der Waals surface area contributed by atoms with Crippen LogP contribution in [-0.2, 0) is 19.1 Å². The predicted molar refractivity (Wildman–Crippen MR) is 122 cm³/mol. The van der Waals surface area contributed by atoms with Gasteiger partial charge >= 0.3 is 11.9 Å². The van der Waals surface area contributed by atoms with E-state index in [-0.39, 0.29) is 32.2 Å². The number of carbonyl (C=O) groups is 3. The summed E-state index contributed by atoms with van der Waals surface area (Å²) in [7, 11) is 0. The third-order valence-corrected chi connectivity index (χ3v) is 4.29. The third-order valence-electron chi connectivity index (χ3n) is 4.29. The van der Waals surface area contributed by atoms with E-state index < -0.39 is 24.1 Å². The third kappa shape index (κ3) is 8.89. The van der Waals surface area contributed by atoms with Gasteiger partial charge in [0.2, 0.25) is 0 Å². The molecule has 0 spiro atoms. The lowest BCUT2D eigenvalue weighted by Crippen LogP contribution is -2.24.